The molecule has 0 aliphatic heterocycles. The van der Waals surface area contributed by atoms with Crippen LogP contribution in [0.1, 0.15) is 35.9 Å². The molecular formula is C45H30O. The first-order chi connectivity index (χ1) is 25.9. The molecule has 1 aliphatic rings. The Kier molecular flexibility index (Phi) is 3.79. The van der Waals surface area contributed by atoms with Gasteiger partial charge in [0, 0.05) is 16.2 Å². The molecule has 0 unspecified atom stereocenters. The smallest absolute Gasteiger partial charge is 0.136 e. The Hall–Kier alpha value is -5.66. The van der Waals surface area contributed by atoms with Crippen LogP contribution in [0.25, 0.3) is 87.6 Å². The van der Waals surface area contributed by atoms with Gasteiger partial charge in [0.1, 0.15) is 11.2 Å². The molecule has 0 saturated heterocycles. The molecule has 0 saturated carbocycles. The van der Waals surface area contributed by atoms with Gasteiger partial charge in [-0.05, 0) is 101 Å². The molecular weight excluding hydrogens is 556 g/mol. The molecule has 0 spiro atoms. The summed E-state index contributed by atoms with van der Waals surface area (Å²) in [7, 11) is 0. The van der Waals surface area contributed by atoms with Gasteiger partial charge in [-0.15, -0.1) is 0 Å². The lowest BCUT2D eigenvalue weighted by Gasteiger charge is -2.23. The van der Waals surface area contributed by atoms with Crippen LogP contribution in [-0.4, -0.2) is 0 Å². The fourth-order valence-electron chi connectivity index (χ4n) is 7.76. The second-order valence-corrected chi connectivity index (χ2v) is 12.7. The molecule has 216 valence electrons. The molecule has 0 N–H and O–H groups in total. The zero-order chi connectivity index (χ0) is 37.5. The van der Waals surface area contributed by atoms with Gasteiger partial charge in [0.15, 0.2) is 0 Å². The Morgan fingerprint density at radius 2 is 1.09 bits per heavy atom. The normalized spacial score (nSPS) is 16.0. The standard InChI is InChI=1S/C45H30O/c1-45(2)38-18-10-9-13-31(38)32-22-19-29(26-39(32)45)43-35-16-7-5-14-33(35)42(34-15-6-8-17-36(34)43)28-21-23-40-37(25-28)44-30-12-4-3-11-27(30)20-24-41(44)46-40/h3-26H,1-2H3/i5D,6D,7D,8D,14D,15D,16D,17D. The highest BCUT2D eigenvalue weighted by atomic mass is 16.3. The van der Waals surface area contributed by atoms with E-state index in [0.717, 1.165) is 38.2 Å². The van der Waals surface area contributed by atoms with Crippen molar-refractivity contribution in [1.82, 2.24) is 0 Å². The van der Waals surface area contributed by atoms with E-state index in [9.17, 15) is 5.48 Å². The largest absolute Gasteiger partial charge is 0.456 e. The molecule has 9 aromatic rings. The molecule has 46 heavy (non-hydrogen) atoms. The molecule has 0 radical (unpaired) electrons. The van der Waals surface area contributed by atoms with E-state index < -0.39 is 24.2 Å². The van der Waals surface area contributed by atoms with Crippen LogP contribution >= 0.6 is 0 Å². The first-order valence-electron chi connectivity index (χ1n) is 19.4. The average molecular weight is 595 g/mol. The van der Waals surface area contributed by atoms with E-state index in [-0.39, 0.29) is 51.1 Å². The summed E-state index contributed by atoms with van der Waals surface area (Å²) >= 11 is 0. The third-order valence-corrected chi connectivity index (χ3v) is 9.90. The summed E-state index contributed by atoms with van der Waals surface area (Å²) in [4.78, 5) is 0. The minimum atomic E-state index is -0.425. The maximum absolute atomic E-state index is 9.41. The van der Waals surface area contributed by atoms with Crippen molar-refractivity contribution in [2.45, 2.75) is 19.3 Å². The van der Waals surface area contributed by atoms with Gasteiger partial charge in [-0.3, -0.25) is 0 Å². The van der Waals surface area contributed by atoms with E-state index in [1.54, 1.807) is 6.07 Å². The number of hydrogen-bond acceptors (Lipinski definition) is 1. The predicted molar refractivity (Wildman–Crippen MR) is 195 cm³/mol. The molecule has 0 bridgehead atoms. The van der Waals surface area contributed by atoms with Gasteiger partial charge in [0.2, 0.25) is 0 Å². The summed E-state index contributed by atoms with van der Waals surface area (Å²) in [5, 5.41) is 4.46. The maximum Gasteiger partial charge on any atom is 0.136 e. The van der Waals surface area contributed by atoms with Crippen molar-refractivity contribution >= 4 is 54.3 Å². The lowest BCUT2D eigenvalue weighted by atomic mass is 9.80. The van der Waals surface area contributed by atoms with E-state index in [4.69, 9.17) is 9.90 Å². The van der Waals surface area contributed by atoms with Crippen LogP contribution in [0.15, 0.2) is 150 Å². The molecule has 1 aromatic heterocycles. The lowest BCUT2D eigenvalue weighted by molar-refractivity contribution is 0.660. The van der Waals surface area contributed by atoms with Crippen molar-refractivity contribution in [1.29, 1.82) is 0 Å². The topological polar surface area (TPSA) is 13.1 Å². The highest BCUT2D eigenvalue weighted by Crippen LogP contribution is 2.51. The van der Waals surface area contributed by atoms with E-state index >= 15 is 0 Å². The molecule has 0 atom stereocenters. The van der Waals surface area contributed by atoms with Crippen LogP contribution in [0.2, 0.25) is 0 Å². The number of benzene rings is 8. The van der Waals surface area contributed by atoms with E-state index in [1.165, 1.54) is 5.56 Å². The number of hydrogen-bond donors (Lipinski definition) is 0. The molecule has 1 heteroatoms. The van der Waals surface area contributed by atoms with Crippen molar-refractivity contribution in [3.63, 3.8) is 0 Å². The van der Waals surface area contributed by atoms with Crippen LogP contribution in [-0.2, 0) is 5.41 Å². The SMILES string of the molecule is [2H]c1c([2H])c([2H])c2c(-c3ccc4oc5ccc6ccccc6c5c4c3)c3c([2H])c([2H])c([2H])c([2H])c3c(-c3ccc4c(c3)C(C)(C)c3ccccc3-4)c2c1[2H]. The van der Waals surface area contributed by atoms with Crippen molar-refractivity contribution in [2.75, 3.05) is 0 Å². The maximum atomic E-state index is 9.41. The summed E-state index contributed by atoms with van der Waals surface area (Å²) < 4.78 is 79.4. The first-order valence-corrected chi connectivity index (χ1v) is 15.4. The molecule has 10 rings (SSSR count). The summed E-state index contributed by atoms with van der Waals surface area (Å²) in [6.07, 6.45) is 0. The third kappa shape index (κ3) is 3.40. The first kappa shape index (κ1) is 19.0. The number of rotatable bonds is 2. The van der Waals surface area contributed by atoms with Gasteiger partial charge in [-0.25, -0.2) is 0 Å². The van der Waals surface area contributed by atoms with Crippen LogP contribution < -0.4 is 0 Å². The average Bonchev–Trinajstić information content (AvgIpc) is 3.68. The zero-order valence-electron chi connectivity index (χ0n) is 33.1. The lowest BCUT2D eigenvalue weighted by Crippen LogP contribution is -2.14. The fraction of sp³-hybridized carbons (Fsp3) is 0.0667. The van der Waals surface area contributed by atoms with Crippen molar-refractivity contribution < 1.29 is 15.4 Å². The van der Waals surface area contributed by atoms with Crippen LogP contribution in [0.4, 0.5) is 0 Å². The van der Waals surface area contributed by atoms with E-state index in [1.807, 2.05) is 78.9 Å². The molecule has 0 amide bonds. The number of furan rings is 1. The monoisotopic (exact) mass is 594 g/mol. The van der Waals surface area contributed by atoms with E-state index in [0.29, 0.717) is 33.4 Å². The Balaban J connectivity index is 1.40. The van der Waals surface area contributed by atoms with Crippen molar-refractivity contribution in [2.24, 2.45) is 0 Å². The van der Waals surface area contributed by atoms with Gasteiger partial charge in [0.05, 0.1) is 11.0 Å². The van der Waals surface area contributed by atoms with Gasteiger partial charge in [-0.1, -0.05) is 135 Å². The van der Waals surface area contributed by atoms with Gasteiger partial charge in [-0.2, -0.15) is 0 Å². The van der Waals surface area contributed by atoms with Gasteiger partial charge < -0.3 is 4.42 Å². The second kappa shape index (κ2) is 9.19. The molecule has 1 heterocycles. The molecule has 1 nitrogen and oxygen atoms in total. The van der Waals surface area contributed by atoms with Crippen molar-refractivity contribution in [3.05, 3.63) is 157 Å². The highest BCUT2D eigenvalue weighted by molar-refractivity contribution is 6.23. The van der Waals surface area contributed by atoms with Gasteiger partial charge >= 0.3 is 0 Å². The highest BCUT2D eigenvalue weighted by Gasteiger charge is 2.35. The summed E-state index contributed by atoms with van der Waals surface area (Å²) in [5.74, 6) is 0. The number of fused-ring (bicyclic) bond motifs is 10. The minimum Gasteiger partial charge on any atom is -0.456 e. The third-order valence-electron chi connectivity index (χ3n) is 9.90. The fourth-order valence-corrected chi connectivity index (χ4v) is 7.76. The Bertz CT molecular complexity index is 3090. The Labute approximate surface area is 278 Å². The summed E-state index contributed by atoms with van der Waals surface area (Å²) in [6.45, 7) is 4.30. The second-order valence-electron chi connectivity index (χ2n) is 12.7. The van der Waals surface area contributed by atoms with E-state index in [2.05, 4.69) is 26.0 Å². The Morgan fingerprint density at radius 3 is 1.83 bits per heavy atom. The van der Waals surface area contributed by atoms with Gasteiger partial charge in [0.25, 0.3) is 0 Å². The predicted octanol–water partition coefficient (Wildman–Crippen LogP) is 12.7. The van der Waals surface area contributed by atoms with Crippen LogP contribution in [0.5, 0.6) is 0 Å². The van der Waals surface area contributed by atoms with Crippen LogP contribution in [0, 0.1) is 0 Å². The quantitative estimate of drug-likeness (QED) is 0.181. The van der Waals surface area contributed by atoms with Crippen LogP contribution in [0.3, 0.4) is 0 Å². The van der Waals surface area contributed by atoms with Crippen molar-refractivity contribution in [3.8, 4) is 33.4 Å². The molecule has 1 aliphatic carbocycles. The summed E-state index contributed by atoms with van der Waals surface area (Å²) in [6, 6.07) is 28.9. The zero-order valence-corrected chi connectivity index (χ0v) is 25.1. The Morgan fingerprint density at radius 1 is 0.500 bits per heavy atom. The molecule has 0 fully saturated rings. The molecule has 8 aromatic carbocycles. The summed E-state index contributed by atoms with van der Waals surface area (Å²) in [5.41, 5.74) is 7.10. The minimum absolute atomic E-state index is 0.189.